The summed E-state index contributed by atoms with van der Waals surface area (Å²) in [4.78, 5) is 16.5. The highest BCUT2D eigenvalue weighted by atomic mass is 35.5. The second-order valence-electron chi connectivity index (χ2n) is 6.08. The van der Waals surface area contributed by atoms with Gasteiger partial charge in [0.1, 0.15) is 5.75 Å². The first-order valence-corrected chi connectivity index (χ1v) is 9.34. The van der Waals surface area contributed by atoms with Crippen molar-refractivity contribution in [3.05, 3.63) is 87.9 Å². The number of benzene rings is 3. The van der Waals surface area contributed by atoms with Crippen LogP contribution in [0.1, 0.15) is 11.1 Å². The second-order valence-corrected chi connectivity index (χ2v) is 6.90. The Labute approximate surface area is 173 Å². The van der Waals surface area contributed by atoms with Gasteiger partial charge in [-0.3, -0.25) is 9.79 Å². The predicted octanol–water partition coefficient (Wildman–Crippen LogP) is 6.07. The van der Waals surface area contributed by atoms with E-state index in [4.69, 9.17) is 27.9 Å². The van der Waals surface area contributed by atoms with Gasteiger partial charge in [0.05, 0.1) is 10.7 Å². The van der Waals surface area contributed by atoms with E-state index in [-0.39, 0.29) is 12.5 Å². The summed E-state index contributed by atoms with van der Waals surface area (Å²) in [6.45, 7) is 1.73. The Morgan fingerprint density at radius 1 is 1.04 bits per heavy atom. The van der Waals surface area contributed by atoms with Gasteiger partial charge in [-0.05, 0) is 60.5 Å². The highest BCUT2D eigenvalue weighted by Gasteiger charge is 2.08. The van der Waals surface area contributed by atoms with Crippen LogP contribution in [0.15, 0.2) is 71.7 Å². The molecule has 28 heavy (non-hydrogen) atoms. The largest absolute Gasteiger partial charge is 0.482 e. The van der Waals surface area contributed by atoms with Crippen LogP contribution in [0.3, 0.4) is 0 Å². The smallest absolute Gasteiger partial charge is 0.262 e. The van der Waals surface area contributed by atoms with Gasteiger partial charge in [0.2, 0.25) is 0 Å². The van der Waals surface area contributed by atoms with Crippen LogP contribution in [0, 0.1) is 6.92 Å². The van der Waals surface area contributed by atoms with E-state index in [0.29, 0.717) is 21.5 Å². The first-order valence-electron chi connectivity index (χ1n) is 8.59. The molecule has 1 amide bonds. The molecule has 0 spiro atoms. The molecule has 1 N–H and O–H groups in total. The van der Waals surface area contributed by atoms with Crippen molar-refractivity contribution in [1.29, 1.82) is 0 Å². The van der Waals surface area contributed by atoms with Crippen molar-refractivity contribution in [3.63, 3.8) is 0 Å². The average molecular weight is 413 g/mol. The fourth-order valence-corrected chi connectivity index (χ4v) is 2.81. The van der Waals surface area contributed by atoms with Crippen LogP contribution >= 0.6 is 23.2 Å². The van der Waals surface area contributed by atoms with E-state index < -0.39 is 0 Å². The van der Waals surface area contributed by atoms with Crippen molar-refractivity contribution in [2.45, 2.75) is 6.92 Å². The number of nitrogens with zero attached hydrogens (tertiary/aromatic N) is 1. The third kappa shape index (κ3) is 5.59. The minimum absolute atomic E-state index is 0.164. The number of halogens is 2. The van der Waals surface area contributed by atoms with E-state index in [0.717, 1.165) is 16.8 Å². The van der Waals surface area contributed by atoms with Crippen LogP contribution < -0.4 is 10.1 Å². The maximum absolute atomic E-state index is 12.1. The lowest BCUT2D eigenvalue weighted by Crippen LogP contribution is -2.20. The molecular formula is C22H18Cl2N2O2. The molecule has 0 aliphatic rings. The molecule has 0 fully saturated rings. The van der Waals surface area contributed by atoms with E-state index in [9.17, 15) is 4.79 Å². The van der Waals surface area contributed by atoms with Crippen LogP contribution in [0.4, 0.5) is 11.4 Å². The van der Waals surface area contributed by atoms with Gasteiger partial charge in [0.25, 0.3) is 5.91 Å². The summed E-state index contributed by atoms with van der Waals surface area (Å²) >= 11 is 12.3. The summed E-state index contributed by atoms with van der Waals surface area (Å²) < 4.78 is 5.52. The van der Waals surface area contributed by atoms with Crippen molar-refractivity contribution in [2.24, 2.45) is 4.99 Å². The standard InChI is InChI=1S/C22H18Cl2N2O2/c1-15-7-9-18(12-19(15)23)26-22(27)14-28-21-10-8-16(11-20(21)24)13-25-17-5-3-2-4-6-17/h2-13H,14H2,1H3,(H,26,27). The summed E-state index contributed by atoms with van der Waals surface area (Å²) in [5.74, 6) is 0.126. The molecule has 0 aliphatic carbocycles. The zero-order chi connectivity index (χ0) is 19.9. The van der Waals surface area contributed by atoms with Crippen LogP contribution in [-0.4, -0.2) is 18.7 Å². The van der Waals surface area contributed by atoms with Crippen molar-refractivity contribution in [2.75, 3.05) is 11.9 Å². The third-order valence-corrected chi connectivity index (χ3v) is 4.59. The molecule has 0 radical (unpaired) electrons. The van der Waals surface area contributed by atoms with Gasteiger partial charge in [0.15, 0.2) is 6.61 Å². The molecule has 0 saturated carbocycles. The maximum Gasteiger partial charge on any atom is 0.262 e. The number of aliphatic imine (C=N–C) groups is 1. The number of carbonyl (C=O) groups is 1. The highest BCUT2D eigenvalue weighted by molar-refractivity contribution is 6.32. The number of hydrogen-bond acceptors (Lipinski definition) is 3. The lowest BCUT2D eigenvalue weighted by atomic mass is 10.2. The number of hydrogen-bond donors (Lipinski definition) is 1. The molecule has 0 heterocycles. The first kappa shape index (κ1) is 19.9. The Bertz CT molecular complexity index is 1000. The van der Waals surface area contributed by atoms with Gasteiger partial charge in [0, 0.05) is 16.9 Å². The summed E-state index contributed by atoms with van der Waals surface area (Å²) in [6, 6.07) is 20.2. The predicted molar refractivity (Wildman–Crippen MR) is 115 cm³/mol. The van der Waals surface area contributed by atoms with Crippen LogP contribution in [0.25, 0.3) is 0 Å². The number of aryl methyl sites for hydroxylation is 1. The third-order valence-electron chi connectivity index (χ3n) is 3.89. The topological polar surface area (TPSA) is 50.7 Å². The van der Waals surface area contributed by atoms with Gasteiger partial charge in [-0.25, -0.2) is 0 Å². The van der Waals surface area contributed by atoms with Crippen molar-refractivity contribution < 1.29 is 9.53 Å². The minimum Gasteiger partial charge on any atom is -0.482 e. The molecule has 0 unspecified atom stereocenters. The van der Waals surface area contributed by atoms with Gasteiger partial charge >= 0.3 is 0 Å². The van der Waals surface area contributed by atoms with Gasteiger partial charge < -0.3 is 10.1 Å². The van der Waals surface area contributed by atoms with E-state index >= 15 is 0 Å². The quantitative estimate of drug-likeness (QED) is 0.499. The lowest BCUT2D eigenvalue weighted by Gasteiger charge is -2.10. The SMILES string of the molecule is Cc1ccc(NC(=O)COc2ccc(C=Nc3ccccc3)cc2Cl)cc1Cl. The Balaban J connectivity index is 1.57. The average Bonchev–Trinajstić information content (AvgIpc) is 2.69. The molecule has 0 atom stereocenters. The summed E-state index contributed by atoms with van der Waals surface area (Å²) in [5, 5.41) is 3.73. The molecule has 4 nitrogen and oxygen atoms in total. The maximum atomic E-state index is 12.1. The molecule has 3 rings (SSSR count). The van der Waals surface area contributed by atoms with Crippen LogP contribution in [0.2, 0.25) is 10.0 Å². The molecule has 6 heteroatoms. The zero-order valence-corrected chi connectivity index (χ0v) is 16.7. The summed E-state index contributed by atoms with van der Waals surface area (Å²) in [5.41, 5.74) is 3.24. The Hall–Kier alpha value is -2.82. The molecular weight excluding hydrogens is 395 g/mol. The van der Waals surface area contributed by atoms with E-state index in [1.165, 1.54) is 0 Å². The molecule has 0 bridgehead atoms. The Morgan fingerprint density at radius 2 is 1.82 bits per heavy atom. The van der Waals surface area contributed by atoms with Crippen LogP contribution in [0.5, 0.6) is 5.75 Å². The van der Waals surface area contributed by atoms with Crippen molar-refractivity contribution >= 4 is 46.7 Å². The van der Waals surface area contributed by atoms with Crippen LogP contribution in [-0.2, 0) is 4.79 Å². The Kier molecular flexibility index (Phi) is 6.69. The van der Waals surface area contributed by atoms with E-state index in [2.05, 4.69) is 10.3 Å². The normalized spacial score (nSPS) is 10.8. The number of rotatable bonds is 6. The molecule has 3 aromatic rings. The monoisotopic (exact) mass is 412 g/mol. The summed E-state index contributed by atoms with van der Waals surface area (Å²) in [7, 11) is 0. The molecule has 3 aromatic carbocycles. The van der Waals surface area contributed by atoms with Gasteiger partial charge in [-0.15, -0.1) is 0 Å². The number of amides is 1. The second kappa shape index (κ2) is 9.40. The van der Waals surface area contributed by atoms with Gasteiger partial charge in [-0.1, -0.05) is 47.5 Å². The van der Waals surface area contributed by atoms with Crippen molar-refractivity contribution in [1.82, 2.24) is 0 Å². The van der Waals surface area contributed by atoms with E-state index in [1.807, 2.05) is 49.4 Å². The minimum atomic E-state index is -0.300. The number of ether oxygens (including phenoxy) is 1. The molecule has 0 aliphatic heterocycles. The summed E-state index contributed by atoms with van der Waals surface area (Å²) in [6.07, 6.45) is 1.72. The van der Waals surface area contributed by atoms with Gasteiger partial charge in [-0.2, -0.15) is 0 Å². The fraction of sp³-hybridized carbons (Fsp3) is 0.0909. The molecule has 0 saturated heterocycles. The number of carbonyl (C=O) groups excluding carboxylic acids is 1. The fourth-order valence-electron chi connectivity index (χ4n) is 2.39. The van der Waals surface area contributed by atoms with E-state index in [1.54, 1.807) is 30.5 Å². The first-order chi connectivity index (χ1) is 13.5. The highest BCUT2D eigenvalue weighted by Crippen LogP contribution is 2.25. The molecule has 0 aromatic heterocycles. The number of nitrogens with one attached hydrogen (secondary N) is 1. The van der Waals surface area contributed by atoms with Crippen molar-refractivity contribution in [3.8, 4) is 5.75 Å². The Morgan fingerprint density at radius 3 is 2.54 bits per heavy atom. The number of anilines is 1. The zero-order valence-electron chi connectivity index (χ0n) is 15.2. The molecule has 142 valence electrons. The number of para-hydroxylation sites is 1. The lowest BCUT2D eigenvalue weighted by molar-refractivity contribution is -0.118.